The van der Waals surface area contributed by atoms with Crippen LogP contribution in [-0.2, 0) is 0 Å². The van der Waals surface area contributed by atoms with Gasteiger partial charge in [-0.25, -0.2) is 4.98 Å². The first kappa shape index (κ1) is 18.9. The average Bonchev–Trinajstić information content (AvgIpc) is 2.59. The van der Waals surface area contributed by atoms with E-state index in [2.05, 4.69) is 9.97 Å². The molecule has 2 aromatic rings. The van der Waals surface area contributed by atoms with Crippen LogP contribution in [0.4, 0.5) is 17.2 Å². The topological polar surface area (TPSA) is 102 Å². The molecule has 0 bridgehead atoms. The Kier molecular flexibility index (Phi) is 6.11. The van der Waals surface area contributed by atoms with Gasteiger partial charge in [0.1, 0.15) is 5.15 Å². The Bertz CT molecular complexity index is 768. The molecule has 0 amide bonds. The van der Waals surface area contributed by atoms with Gasteiger partial charge in [0.15, 0.2) is 0 Å². The van der Waals surface area contributed by atoms with E-state index in [0.29, 0.717) is 40.8 Å². The Labute approximate surface area is 150 Å². The van der Waals surface area contributed by atoms with Gasteiger partial charge >= 0.3 is 5.69 Å². The molecule has 0 aliphatic heterocycles. The minimum absolute atomic E-state index is 0.0622. The van der Waals surface area contributed by atoms with Crippen LogP contribution in [0, 0.1) is 24.0 Å². The Morgan fingerprint density at radius 3 is 2.60 bits per heavy atom. The summed E-state index contributed by atoms with van der Waals surface area (Å²) in [6, 6.07) is 3.28. The highest BCUT2D eigenvalue weighted by Gasteiger charge is 2.28. The van der Waals surface area contributed by atoms with Gasteiger partial charge in [-0.1, -0.05) is 11.6 Å². The lowest BCUT2D eigenvalue weighted by atomic mass is 10.1. The van der Waals surface area contributed by atoms with E-state index in [1.807, 2.05) is 0 Å². The quantitative estimate of drug-likeness (QED) is 0.456. The Hall–Kier alpha value is -2.45. The fourth-order valence-corrected chi connectivity index (χ4v) is 2.57. The molecule has 0 spiro atoms. The molecule has 9 heteroatoms. The number of hydrogen-bond acceptors (Lipinski definition) is 7. The van der Waals surface area contributed by atoms with Gasteiger partial charge in [0, 0.05) is 24.3 Å². The van der Waals surface area contributed by atoms with E-state index in [0.717, 1.165) is 0 Å². The Morgan fingerprint density at radius 1 is 1.36 bits per heavy atom. The molecule has 0 aliphatic rings. The van der Waals surface area contributed by atoms with E-state index in [1.54, 1.807) is 30.9 Å². The standard InChI is InChI=1S/C16H19ClN4O4/c1-10-11(2)16(25-3)19-15(14(10)21(23)24)20(7-4-8-22)12-5-6-13(17)18-9-12/h5-6,9,22H,4,7-8H2,1-3H3. The average molecular weight is 367 g/mol. The number of ether oxygens (including phenoxy) is 1. The minimum atomic E-state index is -0.459. The Morgan fingerprint density at radius 2 is 2.08 bits per heavy atom. The lowest BCUT2D eigenvalue weighted by Crippen LogP contribution is -2.23. The zero-order valence-corrected chi connectivity index (χ0v) is 14.9. The molecule has 0 radical (unpaired) electrons. The first-order valence-corrected chi connectivity index (χ1v) is 7.98. The third kappa shape index (κ3) is 3.97. The maximum atomic E-state index is 11.7. The van der Waals surface area contributed by atoms with Gasteiger partial charge in [0.25, 0.3) is 0 Å². The monoisotopic (exact) mass is 366 g/mol. The molecule has 0 saturated heterocycles. The van der Waals surface area contributed by atoms with Gasteiger partial charge in [0.05, 0.1) is 23.9 Å². The van der Waals surface area contributed by atoms with Crippen LogP contribution in [0.2, 0.25) is 5.15 Å². The minimum Gasteiger partial charge on any atom is -0.481 e. The third-order valence-corrected chi connectivity index (χ3v) is 4.08. The van der Waals surface area contributed by atoms with Gasteiger partial charge in [-0.3, -0.25) is 10.1 Å². The summed E-state index contributed by atoms with van der Waals surface area (Å²) in [4.78, 5) is 21.2. The molecule has 0 unspecified atom stereocenters. The zero-order valence-electron chi connectivity index (χ0n) is 14.2. The number of nitrogens with zero attached hydrogens (tertiary/aromatic N) is 4. The number of aromatic nitrogens is 2. The van der Waals surface area contributed by atoms with E-state index in [9.17, 15) is 15.2 Å². The van der Waals surface area contributed by atoms with Gasteiger partial charge in [0.2, 0.25) is 11.7 Å². The van der Waals surface area contributed by atoms with Crippen LogP contribution in [0.15, 0.2) is 18.3 Å². The fourth-order valence-electron chi connectivity index (χ4n) is 2.46. The van der Waals surface area contributed by atoms with Crippen LogP contribution in [0.1, 0.15) is 17.5 Å². The lowest BCUT2D eigenvalue weighted by molar-refractivity contribution is -0.384. The summed E-state index contributed by atoms with van der Waals surface area (Å²) in [7, 11) is 1.46. The van der Waals surface area contributed by atoms with Crippen molar-refractivity contribution in [2.45, 2.75) is 20.3 Å². The van der Waals surface area contributed by atoms with Crippen molar-refractivity contribution in [1.82, 2.24) is 9.97 Å². The van der Waals surface area contributed by atoms with Crippen LogP contribution in [0.3, 0.4) is 0 Å². The van der Waals surface area contributed by atoms with Gasteiger partial charge in [-0.05, 0) is 32.4 Å². The summed E-state index contributed by atoms with van der Waals surface area (Å²) in [5, 5.41) is 21.2. The number of aliphatic hydroxyl groups is 1. The second kappa shape index (κ2) is 8.09. The highest BCUT2D eigenvalue weighted by Crippen LogP contribution is 2.38. The molecule has 0 fully saturated rings. The van der Waals surface area contributed by atoms with E-state index in [1.165, 1.54) is 13.3 Å². The van der Waals surface area contributed by atoms with E-state index in [4.69, 9.17) is 16.3 Å². The van der Waals surface area contributed by atoms with Crippen molar-refractivity contribution >= 4 is 28.8 Å². The van der Waals surface area contributed by atoms with Gasteiger partial charge < -0.3 is 14.7 Å². The number of anilines is 2. The van der Waals surface area contributed by atoms with Crippen molar-refractivity contribution in [3.8, 4) is 5.88 Å². The van der Waals surface area contributed by atoms with Crippen LogP contribution >= 0.6 is 11.6 Å². The van der Waals surface area contributed by atoms with Crippen LogP contribution in [0.5, 0.6) is 5.88 Å². The third-order valence-electron chi connectivity index (χ3n) is 3.85. The molecular formula is C16H19ClN4O4. The number of hydrogen-bond donors (Lipinski definition) is 1. The van der Waals surface area contributed by atoms with Gasteiger partial charge in [-0.15, -0.1) is 0 Å². The molecule has 2 rings (SSSR count). The van der Waals surface area contributed by atoms with E-state index < -0.39 is 4.92 Å². The summed E-state index contributed by atoms with van der Waals surface area (Å²) < 4.78 is 5.26. The second-order valence-corrected chi connectivity index (χ2v) is 5.76. The fraction of sp³-hybridized carbons (Fsp3) is 0.375. The molecule has 0 aliphatic carbocycles. The van der Waals surface area contributed by atoms with Crippen LogP contribution in [-0.4, -0.2) is 40.3 Å². The molecule has 2 aromatic heterocycles. The zero-order chi connectivity index (χ0) is 18.6. The van der Waals surface area contributed by atoms with E-state index >= 15 is 0 Å². The summed E-state index contributed by atoms with van der Waals surface area (Å²) >= 11 is 5.83. The molecule has 1 N–H and O–H groups in total. The van der Waals surface area contributed by atoms with Crippen molar-refractivity contribution < 1.29 is 14.8 Å². The van der Waals surface area contributed by atoms with Crippen LogP contribution < -0.4 is 9.64 Å². The number of nitro groups is 1. The summed E-state index contributed by atoms with van der Waals surface area (Å²) in [5.74, 6) is 0.455. The van der Waals surface area contributed by atoms with Crippen molar-refractivity contribution in [1.29, 1.82) is 0 Å². The van der Waals surface area contributed by atoms with Crippen molar-refractivity contribution in [2.75, 3.05) is 25.2 Å². The number of pyridine rings is 2. The highest BCUT2D eigenvalue weighted by atomic mass is 35.5. The van der Waals surface area contributed by atoms with Crippen LogP contribution in [0.25, 0.3) is 0 Å². The molecule has 8 nitrogen and oxygen atoms in total. The number of methoxy groups -OCH3 is 1. The molecular weight excluding hydrogens is 348 g/mol. The first-order chi connectivity index (χ1) is 11.9. The molecule has 0 atom stereocenters. The largest absolute Gasteiger partial charge is 0.481 e. The van der Waals surface area contributed by atoms with Crippen molar-refractivity contribution in [3.05, 3.63) is 44.7 Å². The van der Waals surface area contributed by atoms with Gasteiger partial charge in [-0.2, -0.15) is 4.98 Å². The molecule has 0 saturated carbocycles. The normalized spacial score (nSPS) is 10.6. The van der Waals surface area contributed by atoms with Crippen molar-refractivity contribution in [2.24, 2.45) is 0 Å². The summed E-state index contributed by atoms with van der Waals surface area (Å²) in [5.41, 5.74) is 1.56. The number of halogens is 1. The number of aliphatic hydroxyl groups excluding tert-OH is 1. The first-order valence-electron chi connectivity index (χ1n) is 7.60. The SMILES string of the molecule is COc1nc(N(CCCO)c2ccc(Cl)nc2)c([N+](=O)[O-])c(C)c1C. The molecule has 2 heterocycles. The Balaban J connectivity index is 2.68. The van der Waals surface area contributed by atoms with Crippen molar-refractivity contribution in [3.63, 3.8) is 0 Å². The highest BCUT2D eigenvalue weighted by molar-refractivity contribution is 6.29. The number of rotatable bonds is 7. The molecule has 134 valence electrons. The summed E-state index contributed by atoms with van der Waals surface area (Å²) in [6.45, 7) is 3.64. The maximum absolute atomic E-state index is 11.7. The molecule has 0 aromatic carbocycles. The smallest absolute Gasteiger partial charge is 0.315 e. The summed E-state index contributed by atoms with van der Waals surface area (Å²) in [6.07, 6.45) is 1.91. The molecule has 25 heavy (non-hydrogen) atoms. The maximum Gasteiger partial charge on any atom is 0.315 e. The lowest BCUT2D eigenvalue weighted by Gasteiger charge is -2.24. The second-order valence-electron chi connectivity index (χ2n) is 5.37. The predicted molar refractivity (Wildman–Crippen MR) is 94.9 cm³/mol. The predicted octanol–water partition coefficient (Wildman–Crippen LogP) is 3.18. The van der Waals surface area contributed by atoms with E-state index in [-0.39, 0.29) is 18.1 Å².